The zero-order chi connectivity index (χ0) is 25.3. The molecule has 184 valence electrons. The van der Waals surface area contributed by atoms with E-state index in [1.165, 1.54) is 0 Å². The first-order valence-corrected chi connectivity index (χ1v) is 11.4. The van der Waals surface area contributed by atoms with Crippen molar-refractivity contribution in [3.8, 4) is 0 Å². The zero-order valence-corrected chi connectivity index (χ0v) is 20.5. The molecule has 0 aliphatic carbocycles. The maximum Gasteiger partial charge on any atom is 0.412 e. The van der Waals surface area contributed by atoms with Crippen LogP contribution in [0.5, 0.6) is 0 Å². The third-order valence-corrected chi connectivity index (χ3v) is 4.81. The second-order valence-corrected chi connectivity index (χ2v) is 9.07. The molecule has 1 heterocycles. The summed E-state index contributed by atoms with van der Waals surface area (Å²) in [6.45, 7) is 8.47. The Morgan fingerprint density at radius 1 is 0.943 bits per heavy atom. The van der Waals surface area contributed by atoms with E-state index in [1.807, 2.05) is 31.2 Å². The highest BCUT2D eigenvalue weighted by molar-refractivity contribution is 6.07. The molecule has 0 aliphatic rings. The molecule has 3 N–H and O–H groups in total. The number of benzene rings is 2. The van der Waals surface area contributed by atoms with Crippen molar-refractivity contribution in [1.29, 1.82) is 0 Å². The van der Waals surface area contributed by atoms with Crippen LogP contribution in [0.25, 0.3) is 0 Å². The van der Waals surface area contributed by atoms with Gasteiger partial charge in [0, 0.05) is 30.2 Å². The van der Waals surface area contributed by atoms with Gasteiger partial charge in [0.05, 0.1) is 24.1 Å². The van der Waals surface area contributed by atoms with Gasteiger partial charge in [-0.05, 0) is 75.7 Å². The summed E-state index contributed by atoms with van der Waals surface area (Å²) in [4.78, 5) is 29.0. The predicted molar refractivity (Wildman–Crippen MR) is 138 cm³/mol. The SMILES string of the molecule is CC(CNc1ccc(C(=O)Nc2ccccc2NC(=O)OC(C)(C)C)cc1)OCc1cccnc1. The van der Waals surface area contributed by atoms with E-state index in [1.54, 1.807) is 69.6 Å². The monoisotopic (exact) mass is 476 g/mol. The van der Waals surface area contributed by atoms with Crippen molar-refractivity contribution in [3.05, 3.63) is 84.2 Å². The van der Waals surface area contributed by atoms with Crippen LogP contribution in [0, 0.1) is 0 Å². The van der Waals surface area contributed by atoms with Crippen molar-refractivity contribution < 1.29 is 19.1 Å². The van der Waals surface area contributed by atoms with E-state index >= 15 is 0 Å². The van der Waals surface area contributed by atoms with E-state index in [0.717, 1.165) is 11.3 Å². The first-order valence-electron chi connectivity index (χ1n) is 11.4. The van der Waals surface area contributed by atoms with Crippen LogP contribution >= 0.6 is 0 Å². The Bertz CT molecular complexity index is 1110. The van der Waals surface area contributed by atoms with E-state index in [2.05, 4.69) is 20.9 Å². The molecule has 0 bridgehead atoms. The van der Waals surface area contributed by atoms with Crippen LogP contribution in [0.4, 0.5) is 21.9 Å². The van der Waals surface area contributed by atoms with Gasteiger partial charge in [0.1, 0.15) is 5.60 Å². The number of anilines is 3. The standard InChI is InChI=1S/C27H32N4O4/c1-19(34-18-20-8-7-15-28-17-20)16-29-22-13-11-21(12-14-22)25(32)30-23-9-5-6-10-24(23)31-26(33)35-27(2,3)4/h5-15,17,19,29H,16,18H2,1-4H3,(H,30,32)(H,31,33). The molecular formula is C27H32N4O4. The third-order valence-electron chi connectivity index (χ3n) is 4.81. The lowest BCUT2D eigenvalue weighted by atomic mass is 10.1. The average molecular weight is 477 g/mol. The fourth-order valence-electron chi connectivity index (χ4n) is 3.09. The number of pyridine rings is 1. The molecule has 0 saturated carbocycles. The lowest BCUT2D eigenvalue weighted by Gasteiger charge is -2.20. The van der Waals surface area contributed by atoms with Crippen molar-refractivity contribution in [2.75, 3.05) is 22.5 Å². The summed E-state index contributed by atoms with van der Waals surface area (Å²) in [5.74, 6) is -0.289. The Balaban J connectivity index is 1.51. The fourth-order valence-corrected chi connectivity index (χ4v) is 3.09. The Kier molecular flexibility index (Phi) is 8.80. The Morgan fingerprint density at radius 2 is 1.63 bits per heavy atom. The van der Waals surface area contributed by atoms with E-state index in [9.17, 15) is 9.59 Å². The number of hydrogen-bond acceptors (Lipinski definition) is 6. The predicted octanol–water partition coefficient (Wildman–Crippen LogP) is 5.70. The molecule has 0 saturated heterocycles. The number of nitrogens with one attached hydrogen (secondary N) is 3. The molecule has 3 aromatic rings. The first-order chi connectivity index (χ1) is 16.7. The van der Waals surface area contributed by atoms with Gasteiger partial charge < -0.3 is 20.1 Å². The van der Waals surface area contributed by atoms with Gasteiger partial charge in [-0.3, -0.25) is 15.1 Å². The maximum atomic E-state index is 12.8. The topological polar surface area (TPSA) is 102 Å². The maximum absolute atomic E-state index is 12.8. The van der Waals surface area contributed by atoms with Gasteiger partial charge in [0.25, 0.3) is 5.91 Å². The number of rotatable bonds is 9. The average Bonchev–Trinajstić information content (AvgIpc) is 2.82. The van der Waals surface area contributed by atoms with Gasteiger partial charge in [-0.15, -0.1) is 0 Å². The normalized spacial score (nSPS) is 11.9. The summed E-state index contributed by atoms with van der Waals surface area (Å²) in [5, 5.41) is 8.83. The van der Waals surface area contributed by atoms with Gasteiger partial charge in [0.2, 0.25) is 0 Å². The number of aromatic nitrogens is 1. The summed E-state index contributed by atoms with van der Waals surface area (Å²) in [6.07, 6.45) is 2.93. The van der Waals surface area contributed by atoms with Gasteiger partial charge in [-0.25, -0.2) is 4.79 Å². The lowest BCUT2D eigenvalue weighted by molar-refractivity contribution is 0.0615. The lowest BCUT2D eigenvalue weighted by Crippen LogP contribution is -2.27. The van der Waals surface area contributed by atoms with Crippen molar-refractivity contribution in [3.63, 3.8) is 0 Å². The summed E-state index contributed by atoms with van der Waals surface area (Å²) in [5.41, 5.74) is 2.70. The minimum absolute atomic E-state index is 0.00726. The van der Waals surface area contributed by atoms with Crippen LogP contribution in [0.1, 0.15) is 43.6 Å². The van der Waals surface area contributed by atoms with Crippen molar-refractivity contribution in [2.24, 2.45) is 0 Å². The minimum Gasteiger partial charge on any atom is -0.444 e. The highest BCUT2D eigenvalue weighted by atomic mass is 16.6. The van der Waals surface area contributed by atoms with Crippen LogP contribution in [0.3, 0.4) is 0 Å². The zero-order valence-electron chi connectivity index (χ0n) is 20.5. The Hall–Kier alpha value is -3.91. The number of amides is 2. The van der Waals surface area contributed by atoms with Gasteiger partial charge in [-0.2, -0.15) is 0 Å². The van der Waals surface area contributed by atoms with Crippen molar-refractivity contribution in [1.82, 2.24) is 4.98 Å². The molecule has 0 spiro atoms. The molecule has 3 rings (SSSR count). The molecule has 2 amide bonds. The van der Waals surface area contributed by atoms with Gasteiger partial charge in [-0.1, -0.05) is 18.2 Å². The fraction of sp³-hybridized carbons (Fsp3) is 0.296. The third kappa shape index (κ3) is 8.75. The van der Waals surface area contributed by atoms with Crippen LogP contribution in [0.2, 0.25) is 0 Å². The van der Waals surface area contributed by atoms with Crippen LogP contribution in [-0.4, -0.2) is 35.2 Å². The molecule has 0 aliphatic heterocycles. The smallest absolute Gasteiger partial charge is 0.412 e. The molecule has 8 heteroatoms. The molecule has 1 aromatic heterocycles. The summed E-state index contributed by atoms with van der Waals surface area (Å²) < 4.78 is 11.1. The number of nitrogens with zero attached hydrogens (tertiary/aromatic N) is 1. The van der Waals surface area contributed by atoms with Gasteiger partial charge >= 0.3 is 6.09 Å². The second-order valence-electron chi connectivity index (χ2n) is 9.07. The van der Waals surface area contributed by atoms with Gasteiger partial charge in [0.15, 0.2) is 0 Å². The molecule has 8 nitrogen and oxygen atoms in total. The van der Waals surface area contributed by atoms with E-state index in [0.29, 0.717) is 30.1 Å². The van der Waals surface area contributed by atoms with Crippen LogP contribution in [0.15, 0.2) is 73.1 Å². The van der Waals surface area contributed by atoms with Crippen molar-refractivity contribution >= 4 is 29.1 Å². The molecule has 0 radical (unpaired) electrons. The highest BCUT2D eigenvalue weighted by Crippen LogP contribution is 2.23. The highest BCUT2D eigenvalue weighted by Gasteiger charge is 2.18. The van der Waals surface area contributed by atoms with E-state index < -0.39 is 11.7 Å². The van der Waals surface area contributed by atoms with Crippen LogP contribution < -0.4 is 16.0 Å². The second kappa shape index (κ2) is 12.0. The van der Waals surface area contributed by atoms with Crippen LogP contribution in [-0.2, 0) is 16.1 Å². The Labute approximate surface area is 206 Å². The summed E-state index contributed by atoms with van der Waals surface area (Å²) in [6, 6.07) is 18.0. The van der Waals surface area contributed by atoms with E-state index in [4.69, 9.17) is 9.47 Å². The number of para-hydroxylation sites is 2. The molecule has 35 heavy (non-hydrogen) atoms. The quantitative estimate of drug-likeness (QED) is 0.366. The molecule has 1 atom stereocenters. The number of ether oxygens (including phenoxy) is 2. The summed E-state index contributed by atoms with van der Waals surface area (Å²) >= 11 is 0. The Morgan fingerprint density at radius 3 is 2.26 bits per heavy atom. The largest absolute Gasteiger partial charge is 0.444 e. The van der Waals surface area contributed by atoms with Crippen molar-refractivity contribution in [2.45, 2.75) is 46.0 Å². The summed E-state index contributed by atoms with van der Waals surface area (Å²) in [7, 11) is 0. The number of carbonyl (C=O) groups excluding carboxylic acids is 2. The molecule has 0 fully saturated rings. The van der Waals surface area contributed by atoms with E-state index in [-0.39, 0.29) is 12.0 Å². The first kappa shape index (κ1) is 25.7. The minimum atomic E-state index is -0.624. The number of hydrogen-bond donors (Lipinski definition) is 3. The molecular weight excluding hydrogens is 444 g/mol. The number of carbonyl (C=O) groups is 2. The molecule has 1 unspecified atom stereocenters. The molecule has 2 aromatic carbocycles.